The number of esters is 1. The number of hydrogen-bond donors (Lipinski definition) is 0. The van der Waals surface area contributed by atoms with Crippen molar-refractivity contribution in [3.8, 4) is 0 Å². The van der Waals surface area contributed by atoms with Crippen LogP contribution in [0.25, 0.3) is 11.0 Å². The van der Waals surface area contributed by atoms with Gasteiger partial charge in [-0.05, 0) is 43.7 Å². The summed E-state index contributed by atoms with van der Waals surface area (Å²) in [4.78, 5) is 16.0. The molecule has 1 heterocycles. The van der Waals surface area contributed by atoms with Crippen molar-refractivity contribution in [2.45, 2.75) is 32.2 Å². The maximum atomic E-state index is 11.5. The summed E-state index contributed by atoms with van der Waals surface area (Å²) in [6, 6.07) is 8.22. The van der Waals surface area contributed by atoms with Crippen LogP contribution in [0.2, 0.25) is 0 Å². The number of hydrogen-bond acceptors (Lipinski definition) is 3. The van der Waals surface area contributed by atoms with Crippen molar-refractivity contribution in [2.24, 2.45) is 11.8 Å². The molecule has 0 N–H and O–H groups in total. The Kier molecular flexibility index (Phi) is 3.72. The third-order valence-corrected chi connectivity index (χ3v) is 4.36. The van der Waals surface area contributed by atoms with E-state index < -0.39 is 0 Å². The Balaban J connectivity index is 1.64. The van der Waals surface area contributed by atoms with Crippen molar-refractivity contribution in [3.63, 3.8) is 0 Å². The van der Waals surface area contributed by atoms with Gasteiger partial charge < -0.3 is 9.30 Å². The predicted molar refractivity (Wildman–Crippen MR) is 77.2 cm³/mol. The Morgan fingerprint density at radius 1 is 1.30 bits per heavy atom. The number of benzene rings is 1. The van der Waals surface area contributed by atoms with Crippen LogP contribution in [0.1, 0.15) is 25.7 Å². The fraction of sp³-hybridized carbons (Fsp3) is 0.500. The van der Waals surface area contributed by atoms with Crippen molar-refractivity contribution in [3.05, 3.63) is 30.6 Å². The Morgan fingerprint density at radius 2 is 2.05 bits per heavy atom. The lowest BCUT2D eigenvalue weighted by molar-refractivity contribution is -0.146. The van der Waals surface area contributed by atoms with E-state index in [9.17, 15) is 4.79 Å². The zero-order valence-electron chi connectivity index (χ0n) is 11.8. The second-order valence-electron chi connectivity index (χ2n) is 5.63. The smallest absolute Gasteiger partial charge is 0.308 e. The lowest BCUT2D eigenvalue weighted by Gasteiger charge is -2.27. The molecule has 0 spiro atoms. The molecule has 0 amide bonds. The number of para-hydroxylation sites is 2. The topological polar surface area (TPSA) is 44.1 Å². The number of methoxy groups -OCH3 is 1. The Hall–Kier alpha value is -1.84. The third kappa shape index (κ3) is 2.55. The van der Waals surface area contributed by atoms with Gasteiger partial charge in [0.2, 0.25) is 0 Å². The molecule has 0 unspecified atom stereocenters. The van der Waals surface area contributed by atoms with Crippen LogP contribution in [0.5, 0.6) is 0 Å². The minimum atomic E-state index is -0.0449. The summed E-state index contributed by atoms with van der Waals surface area (Å²) in [5.74, 6) is 0.695. The van der Waals surface area contributed by atoms with E-state index >= 15 is 0 Å². The summed E-state index contributed by atoms with van der Waals surface area (Å²) in [5.41, 5.74) is 2.25. The fourth-order valence-corrected chi connectivity index (χ4v) is 3.18. The molecule has 3 rings (SSSR count). The molecular weight excluding hydrogens is 252 g/mol. The highest BCUT2D eigenvalue weighted by atomic mass is 16.5. The van der Waals surface area contributed by atoms with Crippen molar-refractivity contribution in [1.29, 1.82) is 0 Å². The van der Waals surface area contributed by atoms with Crippen LogP contribution < -0.4 is 0 Å². The predicted octanol–water partition coefficient (Wildman–Crippen LogP) is 3.02. The molecule has 2 aromatic rings. The van der Waals surface area contributed by atoms with Gasteiger partial charge in [0.05, 0.1) is 30.4 Å². The second kappa shape index (κ2) is 5.65. The molecule has 1 saturated carbocycles. The summed E-state index contributed by atoms with van der Waals surface area (Å²) in [6.45, 7) is 0.994. The normalized spacial score (nSPS) is 22.9. The van der Waals surface area contributed by atoms with Gasteiger partial charge in [0.15, 0.2) is 0 Å². The maximum absolute atomic E-state index is 11.5. The zero-order valence-corrected chi connectivity index (χ0v) is 11.8. The standard InChI is InChI=1S/C16H20N2O2/c1-20-16(19)13-8-6-12(7-9-13)10-18-11-17-14-4-2-3-5-15(14)18/h2-5,11-13H,6-10H2,1H3/t12-,13-. The Bertz CT molecular complexity index is 597. The fourth-order valence-electron chi connectivity index (χ4n) is 3.18. The van der Waals surface area contributed by atoms with Crippen LogP contribution in [-0.2, 0) is 16.1 Å². The minimum Gasteiger partial charge on any atom is -0.469 e. The minimum absolute atomic E-state index is 0.0449. The summed E-state index contributed by atoms with van der Waals surface area (Å²) in [7, 11) is 1.48. The number of carbonyl (C=O) groups is 1. The first-order chi connectivity index (χ1) is 9.78. The van der Waals surface area contributed by atoms with Gasteiger partial charge in [-0.3, -0.25) is 4.79 Å². The van der Waals surface area contributed by atoms with Crippen molar-refractivity contribution in [1.82, 2.24) is 9.55 Å². The molecular formula is C16H20N2O2. The second-order valence-corrected chi connectivity index (χ2v) is 5.63. The molecule has 106 valence electrons. The van der Waals surface area contributed by atoms with Crippen molar-refractivity contribution in [2.75, 3.05) is 7.11 Å². The quantitative estimate of drug-likeness (QED) is 0.807. The van der Waals surface area contributed by atoms with E-state index in [1.807, 2.05) is 18.5 Å². The van der Waals surface area contributed by atoms with E-state index in [0.717, 1.165) is 37.7 Å². The van der Waals surface area contributed by atoms with Crippen LogP contribution in [0.3, 0.4) is 0 Å². The van der Waals surface area contributed by atoms with Gasteiger partial charge in [0, 0.05) is 6.54 Å². The SMILES string of the molecule is COC(=O)[C@H]1CC[C@H](Cn2cnc3ccccc32)CC1. The van der Waals surface area contributed by atoms with E-state index in [0.29, 0.717) is 5.92 Å². The van der Waals surface area contributed by atoms with Crippen molar-refractivity contribution < 1.29 is 9.53 Å². The summed E-state index contributed by atoms with van der Waals surface area (Å²) < 4.78 is 7.07. The average Bonchev–Trinajstić information content (AvgIpc) is 2.91. The zero-order chi connectivity index (χ0) is 13.9. The molecule has 20 heavy (non-hydrogen) atoms. The molecule has 0 saturated heterocycles. The lowest BCUT2D eigenvalue weighted by atomic mass is 9.82. The van der Waals surface area contributed by atoms with Gasteiger partial charge in [-0.1, -0.05) is 12.1 Å². The first-order valence-corrected chi connectivity index (χ1v) is 7.25. The number of ether oxygens (including phenoxy) is 1. The first-order valence-electron chi connectivity index (χ1n) is 7.25. The number of rotatable bonds is 3. The molecule has 1 aliphatic carbocycles. The number of fused-ring (bicyclic) bond motifs is 1. The average molecular weight is 272 g/mol. The van der Waals surface area contributed by atoms with Gasteiger partial charge >= 0.3 is 5.97 Å². The van der Waals surface area contributed by atoms with E-state index in [-0.39, 0.29) is 11.9 Å². The van der Waals surface area contributed by atoms with Crippen LogP contribution in [0.4, 0.5) is 0 Å². The number of carbonyl (C=O) groups excluding carboxylic acids is 1. The third-order valence-electron chi connectivity index (χ3n) is 4.36. The lowest BCUT2D eigenvalue weighted by Crippen LogP contribution is -2.24. The molecule has 1 aromatic heterocycles. The van der Waals surface area contributed by atoms with Crippen LogP contribution in [-0.4, -0.2) is 22.6 Å². The summed E-state index contributed by atoms with van der Waals surface area (Å²) in [6.07, 6.45) is 6.00. The van der Waals surface area contributed by atoms with Crippen LogP contribution in [0.15, 0.2) is 30.6 Å². The Labute approximate surface area is 118 Å². The molecule has 1 fully saturated rings. The van der Waals surface area contributed by atoms with Gasteiger partial charge in [-0.25, -0.2) is 4.98 Å². The number of aromatic nitrogens is 2. The molecule has 1 aliphatic rings. The van der Waals surface area contributed by atoms with Crippen LogP contribution in [0, 0.1) is 11.8 Å². The highest BCUT2D eigenvalue weighted by Crippen LogP contribution is 2.31. The van der Waals surface area contributed by atoms with Crippen molar-refractivity contribution >= 4 is 17.0 Å². The van der Waals surface area contributed by atoms with Gasteiger partial charge in [-0.2, -0.15) is 0 Å². The highest BCUT2D eigenvalue weighted by Gasteiger charge is 2.27. The highest BCUT2D eigenvalue weighted by molar-refractivity contribution is 5.75. The Morgan fingerprint density at radius 3 is 2.80 bits per heavy atom. The molecule has 4 heteroatoms. The van der Waals surface area contributed by atoms with E-state index in [1.165, 1.54) is 12.6 Å². The largest absolute Gasteiger partial charge is 0.469 e. The summed E-state index contributed by atoms with van der Waals surface area (Å²) in [5, 5.41) is 0. The first kappa shape index (κ1) is 13.2. The molecule has 0 aliphatic heterocycles. The number of imidazole rings is 1. The van der Waals surface area contributed by atoms with Gasteiger partial charge in [0.1, 0.15) is 0 Å². The molecule has 0 bridgehead atoms. The molecule has 0 radical (unpaired) electrons. The molecule has 1 aromatic carbocycles. The monoisotopic (exact) mass is 272 g/mol. The van der Waals surface area contributed by atoms with Crippen LogP contribution >= 0.6 is 0 Å². The number of nitrogens with zero attached hydrogens (tertiary/aromatic N) is 2. The summed E-state index contributed by atoms with van der Waals surface area (Å²) >= 11 is 0. The van der Waals surface area contributed by atoms with E-state index in [4.69, 9.17) is 4.74 Å². The van der Waals surface area contributed by atoms with E-state index in [2.05, 4.69) is 21.7 Å². The molecule has 0 atom stereocenters. The van der Waals surface area contributed by atoms with E-state index in [1.54, 1.807) is 0 Å². The molecule has 4 nitrogen and oxygen atoms in total. The maximum Gasteiger partial charge on any atom is 0.308 e. The van der Waals surface area contributed by atoms with Gasteiger partial charge in [0.25, 0.3) is 0 Å². The van der Waals surface area contributed by atoms with Gasteiger partial charge in [-0.15, -0.1) is 0 Å².